The van der Waals surface area contributed by atoms with Gasteiger partial charge in [-0.2, -0.15) is 0 Å². The van der Waals surface area contributed by atoms with Crippen molar-refractivity contribution in [2.24, 2.45) is 5.41 Å². The highest BCUT2D eigenvalue weighted by atomic mass is 32.1. The van der Waals surface area contributed by atoms with Gasteiger partial charge in [-0.25, -0.2) is 4.79 Å². The van der Waals surface area contributed by atoms with E-state index >= 15 is 0 Å². The molecule has 0 radical (unpaired) electrons. The Morgan fingerprint density at radius 3 is 2.22 bits per heavy atom. The predicted octanol–water partition coefficient (Wildman–Crippen LogP) is 2.59. The lowest BCUT2D eigenvalue weighted by Crippen LogP contribution is -2.49. The van der Waals surface area contributed by atoms with Crippen LogP contribution in [0.1, 0.15) is 40.9 Å². The molecule has 4 nitrogen and oxygen atoms in total. The van der Waals surface area contributed by atoms with Crippen LogP contribution in [0.3, 0.4) is 0 Å². The zero-order chi connectivity index (χ0) is 14.1. The van der Waals surface area contributed by atoms with Crippen LogP contribution in [0.2, 0.25) is 0 Å². The Hall–Kier alpha value is -1.36. The van der Waals surface area contributed by atoms with E-state index in [9.17, 15) is 9.59 Å². The fourth-order valence-corrected chi connectivity index (χ4v) is 2.64. The van der Waals surface area contributed by atoms with Crippen LogP contribution in [0.15, 0.2) is 6.07 Å². The Morgan fingerprint density at radius 2 is 1.89 bits per heavy atom. The first-order valence-corrected chi connectivity index (χ1v) is 6.55. The van der Waals surface area contributed by atoms with E-state index in [1.165, 1.54) is 11.3 Å². The van der Waals surface area contributed by atoms with E-state index in [1.807, 2.05) is 13.8 Å². The molecule has 0 fully saturated rings. The topological polar surface area (TPSA) is 66.4 Å². The number of thiophene rings is 1. The van der Waals surface area contributed by atoms with Gasteiger partial charge in [-0.05, 0) is 25.3 Å². The summed E-state index contributed by atoms with van der Waals surface area (Å²) in [4.78, 5) is 25.2. The zero-order valence-electron chi connectivity index (χ0n) is 11.3. The summed E-state index contributed by atoms with van der Waals surface area (Å²) >= 11 is 1.53. The molecule has 1 amide bonds. The highest BCUT2D eigenvalue weighted by molar-refractivity contribution is 7.12. The quantitative estimate of drug-likeness (QED) is 0.886. The first-order chi connectivity index (χ1) is 8.12. The molecule has 0 aliphatic heterocycles. The maximum absolute atomic E-state index is 12.1. The average Bonchev–Trinajstić information content (AvgIpc) is 2.51. The lowest BCUT2D eigenvalue weighted by Gasteiger charge is -2.27. The highest BCUT2D eigenvalue weighted by Crippen LogP contribution is 2.23. The van der Waals surface area contributed by atoms with E-state index in [0.29, 0.717) is 5.56 Å². The van der Waals surface area contributed by atoms with Crippen molar-refractivity contribution in [2.75, 3.05) is 0 Å². The van der Waals surface area contributed by atoms with E-state index in [2.05, 4.69) is 5.32 Å². The number of carboxylic acids is 1. The summed E-state index contributed by atoms with van der Waals surface area (Å²) in [5.41, 5.74) is 0.0356. The minimum absolute atomic E-state index is 0.320. The van der Waals surface area contributed by atoms with Crippen LogP contribution in [-0.2, 0) is 4.79 Å². The molecule has 0 aliphatic rings. The fourth-order valence-electron chi connectivity index (χ4n) is 1.71. The Kier molecular flexibility index (Phi) is 4.16. The third-order valence-electron chi connectivity index (χ3n) is 2.67. The molecule has 0 saturated heterocycles. The summed E-state index contributed by atoms with van der Waals surface area (Å²) in [6, 6.07) is 0.890. The van der Waals surface area contributed by atoms with Gasteiger partial charge in [-0.3, -0.25) is 4.79 Å². The Labute approximate surface area is 111 Å². The predicted molar refractivity (Wildman–Crippen MR) is 72.1 cm³/mol. The van der Waals surface area contributed by atoms with Gasteiger partial charge in [-0.15, -0.1) is 11.3 Å². The summed E-state index contributed by atoms with van der Waals surface area (Å²) < 4.78 is 0. The van der Waals surface area contributed by atoms with Crippen molar-refractivity contribution in [3.63, 3.8) is 0 Å². The third kappa shape index (κ3) is 3.32. The number of carboxylic acid groups (broad SMARTS) is 1. The smallest absolute Gasteiger partial charge is 0.326 e. The molecular formula is C13H19NO3S. The second kappa shape index (κ2) is 5.10. The molecule has 0 saturated carbocycles. The van der Waals surface area contributed by atoms with Crippen LogP contribution >= 0.6 is 11.3 Å². The molecule has 0 spiro atoms. The minimum atomic E-state index is -1.01. The Bertz CT molecular complexity index is 471. The molecule has 0 aliphatic carbocycles. The standard InChI is InChI=1S/C13H19NO3S/c1-7-6-9(8(2)18-7)11(15)14-10(12(16)17)13(3,4)5/h6,10H,1-5H3,(H,14,15)(H,16,17)/t10-/m0/s1. The minimum Gasteiger partial charge on any atom is -0.480 e. The Balaban J connectivity index is 2.93. The van der Waals surface area contributed by atoms with Gasteiger partial charge < -0.3 is 10.4 Å². The normalized spacial score (nSPS) is 13.2. The summed E-state index contributed by atoms with van der Waals surface area (Å²) in [5, 5.41) is 11.8. The SMILES string of the molecule is Cc1cc(C(=O)N[C@@H](C(=O)O)C(C)(C)C)c(C)s1. The van der Waals surface area contributed by atoms with E-state index in [-0.39, 0.29) is 5.91 Å². The largest absolute Gasteiger partial charge is 0.480 e. The van der Waals surface area contributed by atoms with Gasteiger partial charge in [0.05, 0.1) is 5.56 Å². The molecular weight excluding hydrogens is 250 g/mol. The summed E-state index contributed by atoms with van der Waals surface area (Å²) in [6.45, 7) is 9.15. The molecule has 1 atom stereocenters. The van der Waals surface area contributed by atoms with Crippen LogP contribution in [0.25, 0.3) is 0 Å². The van der Waals surface area contributed by atoms with Crippen molar-refractivity contribution in [2.45, 2.75) is 40.7 Å². The van der Waals surface area contributed by atoms with Crippen molar-refractivity contribution in [1.82, 2.24) is 5.32 Å². The first-order valence-electron chi connectivity index (χ1n) is 5.73. The second-order valence-corrected chi connectivity index (χ2v) is 6.90. The lowest BCUT2D eigenvalue weighted by molar-refractivity contribution is -0.142. The molecule has 18 heavy (non-hydrogen) atoms. The average molecular weight is 269 g/mol. The summed E-state index contributed by atoms with van der Waals surface area (Å²) in [5.74, 6) is -1.33. The summed E-state index contributed by atoms with van der Waals surface area (Å²) in [6.07, 6.45) is 0. The lowest BCUT2D eigenvalue weighted by atomic mass is 9.86. The maximum Gasteiger partial charge on any atom is 0.326 e. The van der Waals surface area contributed by atoms with Crippen LogP contribution in [-0.4, -0.2) is 23.0 Å². The van der Waals surface area contributed by atoms with Crippen molar-refractivity contribution < 1.29 is 14.7 Å². The van der Waals surface area contributed by atoms with E-state index in [4.69, 9.17) is 5.11 Å². The van der Waals surface area contributed by atoms with Crippen molar-refractivity contribution in [3.05, 3.63) is 21.4 Å². The van der Waals surface area contributed by atoms with Crippen molar-refractivity contribution in [1.29, 1.82) is 0 Å². The van der Waals surface area contributed by atoms with Crippen molar-refractivity contribution in [3.8, 4) is 0 Å². The van der Waals surface area contributed by atoms with Gasteiger partial charge in [0.2, 0.25) is 0 Å². The monoisotopic (exact) mass is 269 g/mol. The van der Waals surface area contributed by atoms with Crippen LogP contribution in [0.5, 0.6) is 0 Å². The zero-order valence-corrected chi connectivity index (χ0v) is 12.1. The molecule has 1 aromatic heterocycles. The number of nitrogens with one attached hydrogen (secondary N) is 1. The first kappa shape index (κ1) is 14.7. The van der Waals surface area contributed by atoms with Crippen LogP contribution in [0, 0.1) is 19.3 Å². The molecule has 0 unspecified atom stereocenters. The van der Waals surface area contributed by atoms with Gasteiger partial charge in [0.15, 0.2) is 0 Å². The molecule has 1 aromatic rings. The number of amides is 1. The number of aliphatic carboxylic acids is 1. The summed E-state index contributed by atoms with van der Waals surface area (Å²) in [7, 11) is 0. The number of carbonyl (C=O) groups excluding carboxylic acids is 1. The third-order valence-corrected chi connectivity index (χ3v) is 3.64. The number of carbonyl (C=O) groups is 2. The van der Waals surface area contributed by atoms with E-state index in [1.54, 1.807) is 26.8 Å². The molecule has 0 aromatic carbocycles. The number of hydrogen-bond acceptors (Lipinski definition) is 3. The number of aryl methyl sites for hydroxylation is 2. The molecule has 0 bridgehead atoms. The van der Waals surface area contributed by atoms with Crippen LogP contribution < -0.4 is 5.32 Å². The maximum atomic E-state index is 12.1. The molecule has 100 valence electrons. The number of rotatable bonds is 3. The van der Waals surface area contributed by atoms with E-state index < -0.39 is 17.4 Å². The van der Waals surface area contributed by atoms with Crippen molar-refractivity contribution >= 4 is 23.2 Å². The molecule has 5 heteroatoms. The molecule has 1 heterocycles. The molecule has 2 N–H and O–H groups in total. The van der Waals surface area contributed by atoms with Gasteiger partial charge in [0.1, 0.15) is 6.04 Å². The van der Waals surface area contributed by atoms with Gasteiger partial charge in [0.25, 0.3) is 5.91 Å². The number of hydrogen-bond donors (Lipinski definition) is 2. The van der Waals surface area contributed by atoms with Gasteiger partial charge >= 0.3 is 5.97 Å². The Morgan fingerprint density at radius 1 is 1.33 bits per heavy atom. The van der Waals surface area contributed by atoms with E-state index in [0.717, 1.165) is 9.75 Å². The van der Waals surface area contributed by atoms with Gasteiger partial charge in [0, 0.05) is 9.75 Å². The fraction of sp³-hybridized carbons (Fsp3) is 0.538. The molecule has 1 rings (SSSR count). The second-order valence-electron chi connectivity index (χ2n) is 5.44. The highest BCUT2D eigenvalue weighted by Gasteiger charge is 2.33. The van der Waals surface area contributed by atoms with Gasteiger partial charge in [-0.1, -0.05) is 20.8 Å². The van der Waals surface area contributed by atoms with Crippen LogP contribution in [0.4, 0.5) is 0 Å².